The van der Waals surface area contributed by atoms with Crippen LogP contribution < -0.4 is 4.74 Å². The molecule has 1 aromatic carbocycles. The zero-order valence-electron chi connectivity index (χ0n) is 9.03. The highest BCUT2D eigenvalue weighted by atomic mass is 35.5. The van der Waals surface area contributed by atoms with Gasteiger partial charge in [-0.15, -0.1) is 0 Å². The van der Waals surface area contributed by atoms with Crippen molar-refractivity contribution in [2.24, 2.45) is 0 Å². The smallest absolute Gasteiger partial charge is 0.264 e. The van der Waals surface area contributed by atoms with Crippen LogP contribution in [0.1, 0.15) is 17.3 Å². The average Bonchev–Trinajstić information content (AvgIpc) is 2.66. The van der Waals surface area contributed by atoms with Gasteiger partial charge in [-0.2, -0.15) is 4.98 Å². The molecule has 2 aromatic rings. The Morgan fingerprint density at radius 2 is 2.19 bits per heavy atom. The molecule has 5 heteroatoms. The molecule has 0 aliphatic carbocycles. The second kappa shape index (κ2) is 4.53. The lowest BCUT2D eigenvalue weighted by Gasteiger charge is -2.06. The topological polar surface area (TPSA) is 48.2 Å². The summed E-state index contributed by atoms with van der Waals surface area (Å²) in [6.07, 6.45) is 0. The first kappa shape index (κ1) is 11.0. The maximum atomic E-state index is 5.98. The Bertz CT molecular complexity index is 496. The molecule has 0 radical (unpaired) electrons. The highest BCUT2D eigenvalue weighted by molar-refractivity contribution is 6.32. The molecule has 0 aliphatic rings. The summed E-state index contributed by atoms with van der Waals surface area (Å²) in [6, 6.07) is 5.59. The summed E-state index contributed by atoms with van der Waals surface area (Å²) in [5.74, 6) is 1.65. The molecule has 84 valence electrons. The minimum Gasteiger partial charge on any atom is -0.482 e. The summed E-state index contributed by atoms with van der Waals surface area (Å²) in [5.41, 5.74) is 1.08. The van der Waals surface area contributed by atoms with Gasteiger partial charge in [0.25, 0.3) is 5.89 Å². The number of aryl methyl sites for hydroxylation is 2. The number of hydrogen-bond acceptors (Lipinski definition) is 4. The van der Waals surface area contributed by atoms with Gasteiger partial charge >= 0.3 is 0 Å². The number of aromatic nitrogens is 2. The fourth-order valence-corrected chi connectivity index (χ4v) is 1.43. The molecular formula is C11H11ClN2O2. The monoisotopic (exact) mass is 238 g/mol. The Morgan fingerprint density at radius 1 is 1.38 bits per heavy atom. The third-order valence-corrected chi connectivity index (χ3v) is 2.32. The lowest BCUT2D eigenvalue weighted by Crippen LogP contribution is -1.96. The fraction of sp³-hybridized carbons (Fsp3) is 0.273. The van der Waals surface area contributed by atoms with E-state index >= 15 is 0 Å². The molecule has 0 spiro atoms. The van der Waals surface area contributed by atoms with Crippen LogP contribution in [-0.4, -0.2) is 10.1 Å². The van der Waals surface area contributed by atoms with Crippen molar-refractivity contribution in [1.82, 2.24) is 10.1 Å². The number of hydrogen-bond donors (Lipinski definition) is 0. The molecule has 0 amide bonds. The molecule has 0 saturated heterocycles. The van der Waals surface area contributed by atoms with E-state index in [-0.39, 0.29) is 6.61 Å². The molecule has 0 atom stereocenters. The van der Waals surface area contributed by atoms with Crippen molar-refractivity contribution in [3.63, 3.8) is 0 Å². The van der Waals surface area contributed by atoms with Gasteiger partial charge in [0.15, 0.2) is 12.4 Å². The molecular weight excluding hydrogens is 228 g/mol. The molecule has 1 heterocycles. The standard InChI is InChI=1S/C11H11ClN2O2/c1-7-3-4-9(12)10(5-7)15-6-11-13-8(2)14-16-11/h3-5H,6H2,1-2H3. The van der Waals surface area contributed by atoms with Crippen molar-refractivity contribution in [2.45, 2.75) is 20.5 Å². The summed E-state index contributed by atoms with van der Waals surface area (Å²) in [5, 5.41) is 4.24. The van der Waals surface area contributed by atoms with Gasteiger partial charge < -0.3 is 9.26 Å². The SMILES string of the molecule is Cc1ccc(Cl)c(OCc2nc(C)no2)c1. The molecule has 0 bridgehead atoms. The van der Waals surface area contributed by atoms with E-state index in [0.29, 0.717) is 22.5 Å². The number of rotatable bonds is 3. The normalized spacial score (nSPS) is 10.4. The first-order chi connectivity index (χ1) is 7.65. The van der Waals surface area contributed by atoms with Gasteiger partial charge in [-0.1, -0.05) is 22.8 Å². The van der Waals surface area contributed by atoms with E-state index in [1.54, 1.807) is 13.0 Å². The summed E-state index contributed by atoms with van der Waals surface area (Å²) < 4.78 is 10.4. The third-order valence-electron chi connectivity index (χ3n) is 2.01. The maximum Gasteiger partial charge on any atom is 0.264 e. The van der Waals surface area contributed by atoms with E-state index in [2.05, 4.69) is 10.1 Å². The van der Waals surface area contributed by atoms with Crippen LogP contribution in [0.2, 0.25) is 5.02 Å². The highest BCUT2D eigenvalue weighted by Gasteiger charge is 2.06. The lowest BCUT2D eigenvalue weighted by atomic mass is 10.2. The molecule has 4 nitrogen and oxygen atoms in total. The van der Waals surface area contributed by atoms with Gasteiger partial charge in [-0.3, -0.25) is 0 Å². The van der Waals surface area contributed by atoms with E-state index < -0.39 is 0 Å². The van der Waals surface area contributed by atoms with Crippen LogP contribution in [0.15, 0.2) is 22.7 Å². The highest BCUT2D eigenvalue weighted by Crippen LogP contribution is 2.25. The van der Waals surface area contributed by atoms with Crippen LogP contribution in [0, 0.1) is 13.8 Å². The number of benzene rings is 1. The Morgan fingerprint density at radius 3 is 2.88 bits per heavy atom. The van der Waals surface area contributed by atoms with Crippen LogP contribution >= 0.6 is 11.6 Å². The minimum absolute atomic E-state index is 0.226. The molecule has 0 fully saturated rings. The molecule has 0 aliphatic heterocycles. The quantitative estimate of drug-likeness (QED) is 0.825. The predicted octanol–water partition coefficient (Wildman–Crippen LogP) is 2.92. The molecule has 1 aromatic heterocycles. The summed E-state index contributed by atoms with van der Waals surface area (Å²) in [7, 11) is 0. The van der Waals surface area contributed by atoms with Crippen LogP contribution in [0.3, 0.4) is 0 Å². The number of nitrogens with zero attached hydrogens (tertiary/aromatic N) is 2. The molecule has 16 heavy (non-hydrogen) atoms. The third kappa shape index (κ3) is 2.52. The predicted molar refractivity (Wildman–Crippen MR) is 59.6 cm³/mol. The van der Waals surface area contributed by atoms with Gasteiger partial charge in [-0.25, -0.2) is 0 Å². The van der Waals surface area contributed by atoms with Gasteiger partial charge in [0.1, 0.15) is 5.75 Å². The second-order valence-electron chi connectivity index (χ2n) is 3.46. The Hall–Kier alpha value is -1.55. The largest absolute Gasteiger partial charge is 0.482 e. The Labute approximate surface area is 98.2 Å². The zero-order valence-corrected chi connectivity index (χ0v) is 9.78. The first-order valence-electron chi connectivity index (χ1n) is 4.83. The van der Waals surface area contributed by atoms with E-state index in [1.165, 1.54) is 0 Å². The summed E-state index contributed by atoms with van der Waals surface area (Å²) in [4.78, 5) is 4.03. The molecule has 0 N–H and O–H groups in total. The van der Waals surface area contributed by atoms with E-state index in [1.807, 2.05) is 19.1 Å². The number of ether oxygens (including phenoxy) is 1. The van der Waals surface area contributed by atoms with Crippen LogP contribution in [-0.2, 0) is 6.61 Å². The van der Waals surface area contributed by atoms with Crippen molar-refractivity contribution in [2.75, 3.05) is 0 Å². The fourth-order valence-electron chi connectivity index (χ4n) is 1.26. The first-order valence-corrected chi connectivity index (χ1v) is 5.21. The van der Waals surface area contributed by atoms with Crippen molar-refractivity contribution >= 4 is 11.6 Å². The molecule has 2 rings (SSSR count). The van der Waals surface area contributed by atoms with Crippen molar-refractivity contribution in [1.29, 1.82) is 0 Å². The average molecular weight is 239 g/mol. The molecule has 0 saturated carbocycles. The summed E-state index contributed by atoms with van der Waals surface area (Å²) >= 11 is 5.98. The van der Waals surface area contributed by atoms with Gasteiger partial charge in [0.2, 0.25) is 0 Å². The molecule has 0 unspecified atom stereocenters. The van der Waals surface area contributed by atoms with Crippen molar-refractivity contribution in [3.8, 4) is 5.75 Å². The Balaban J connectivity index is 2.07. The lowest BCUT2D eigenvalue weighted by molar-refractivity contribution is 0.242. The van der Waals surface area contributed by atoms with E-state index in [9.17, 15) is 0 Å². The van der Waals surface area contributed by atoms with Gasteiger partial charge in [0.05, 0.1) is 5.02 Å². The van der Waals surface area contributed by atoms with Gasteiger partial charge in [0, 0.05) is 0 Å². The second-order valence-corrected chi connectivity index (χ2v) is 3.87. The number of halogens is 1. The van der Waals surface area contributed by atoms with Crippen molar-refractivity contribution in [3.05, 3.63) is 40.5 Å². The summed E-state index contributed by atoms with van der Waals surface area (Å²) in [6.45, 7) is 3.96. The zero-order chi connectivity index (χ0) is 11.5. The van der Waals surface area contributed by atoms with E-state index in [4.69, 9.17) is 20.9 Å². The van der Waals surface area contributed by atoms with Crippen LogP contribution in [0.25, 0.3) is 0 Å². The van der Waals surface area contributed by atoms with Gasteiger partial charge in [-0.05, 0) is 31.5 Å². The van der Waals surface area contributed by atoms with Crippen molar-refractivity contribution < 1.29 is 9.26 Å². The minimum atomic E-state index is 0.226. The van der Waals surface area contributed by atoms with E-state index in [0.717, 1.165) is 5.56 Å². The maximum absolute atomic E-state index is 5.98. The Kier molecular flexibility index (Phi) is 3.10. The van der Waals surface area contributed by atoms with Crippen LogP contribution in [0.4, 0.5) is 0 Å². The van der Waals surface area contributed by atoms with Crippen LogP contribution in [0.5, 0.6) is 5.75 Å².